The summed E-state index contributed by atoms with van der Waals surface area (Å²) in [6.45, 7) is 4.54. The highest BCUT2D eigenvalue weighted by atomic mass is 32.2. The molecule has 0 radical (unpaired) electrons. The van der Waals surface area contributed by atoms with Crippen molar-refractivity contribution in [2.45, 2.75) is 30.4 Å². The van der Waals surface area contributed by atoms with E-state index in [4.69, 9.17) is 0 Å². The molecule has 4 nitrogen and oxygen atoms in total. The van der Waals surface area contributed by atoms with Gasteiger partial charge in [0.1, 0.15) is 0 Å². The van der Waals surface area contributed by atoms with Crippen LogP contribution in [-0.2, 0) is 10.8 Å². The molecule has 1 rings (SSSR count). The quantitative estimate of drug-likeness (QED) is 0.722. The SMILES string of the molecule is CCSc1cccc(NCCC(C)S(C)=O)c1C(=O)O. The van der Waals surface area contributed by atoms with Crippen LogP contribution in [0.4, 0.5) is 5.69 Å². The lowest BCUT2D eigenvalue weighted by Gasteiger charge is -2.14. The molecule has 0 saturated heterocycles. The van der Waals surface area contributed by atoms with E-state index in [0.717, 1.165) is 17.1 Å². The van der Waals surface area contributed by atoms with Crippen LogP contribution in [0.15, 0.2) is 23.1 Å². The number of aromatic carboxylic acids is 1. The van der Waals surface area contributed by atoms with E-state index < -0.39 is 16.8 Å². The third kappa shape index (κ3) is 4.83. The standard InChI is InChI=1S/C14H21NO3S2/c1-4-19-12-7-5-6-11(13(12)14(16)17)15-9-8-10(2)20(3)18/h5-7,10,15H,4,8-9H2,1-3H3,(H,16,17). The van der Waals surface area contributed by atoms with Crippen molar-refractivity contribution in [2.24, 2.45) is 0 Å². The molecule has 0 amide bonds. The molecule has 0 bridgehead atoms. The van der Waals surface area contributed by atoms with E-state index in [1.807, 2.05) is 26.0 Å². The van der Waals surface area contributed by atoms with Gasteiger partial charge in [0.05, 0.1) is 5.56 Å². The zero-order valence-corrected chi connectivity index (χ0v) is 13.6. The lowest BCUT2D eigenvalue weighted by molar-refractivity contribution is 0.0694. The van der Waals surface area contributed by atoms with Crippen molar-refractivity contribution in [2.75, 3.05) is 23.9 Å². The molecule has 1 aromatic carbocycles. The highest BCUT2D eigenvalue weighted by Crippen LogP contribution is 2.28. The van der Waals surface area contributed by atoms with Crippen molar-refractivity contribution in [3.05, 3.63) is 23.8 Å². The van der Waals surface area contributed by atoms with Gasteiger partial charge in [-0.05, 0) is 24.3 Å². The number of rotatable bonds is 8. The second-order valence-corrected chi connectivity index (χ2v) is 7.55. The summed E-state index contributed by atoms with van der Waals surface area (Å²) >= 11 is 1.52. The minimum Gasteiger partial charge on any atom is -0.478 e. The van der Waals surface area contributed by atoms with Crippen LogP contribution < -0.4 is 5.32 Å². The third-order valence-corrected chi connectivity index (χ3v) is 5.28. The summed E-state index contributed by atoms with van der Waals surface area (Å²) in [5, 5.41) is 12.6. The van der Waals surface area contributed by atoms with Gasteiger partial charge in [0.25, 0.3) is 0 Å². The summed E-state index contributed by atoms with van der Waals surface area (Å²) in [6, 6.07) is 5.46. The first-order chi connectivity index (χ1) is 9.47. The average Bonchev–Trinajstić information content (AvgIpc) is 2.38. The number of thioether (sulfide) groups is 1. The number of benzene rings is 1. The van der Waals surface area contributed by atoms with Crippen LogP contribution in [0.5, 0.6) is 0 Å². The van der Waals surface area contributed by atoms with E-state index >= 15 is 0 Å². The van der Waals surface area contributed by atoms with E-state index in [0.29, 0.717) is 17.8 Å². The van der Waals surface area contributed by atoms with E-state index in [2.05, 4.69) is 5.32 Å². The highest BCUT2D eigenvalue weighted by molar-refractivity contribution is 7.99. The molecule has 0 aliphatic heterocycles. The molecular weight excluding hydrogens is 294 g/mol. The zero-order chi connectivity index (χ0) is 15.1. The van der Waals surface area contributed by atoms with Gasteiger partial charge < -0.3 is 10.4 Å². The van der Waals surface area contributed by atoms with Crippen molar-refractivity contribution < 1.29 is 14.1 Å². The Bertz CT molecular complexity index is 491. The molecule has 0 saturated carbocycles. The van der Waals surface area contributed by atoms with E-state index in [1.54, 1.807) is 12.3 Å². The highest BCUT2D eigenvalue weighted by Gasteiger charge is 2.15. The van der Waals surface area contributed by atoms with E-state index in [9.17, 15) is 14.1 Å². The zero-order valence-electron chi connectivity index (χ0n) is 12.0. The monoisotopic (exact) mass is 315 g/mol. The minimum absolute atomic E-state index is 0.101. The van der Waals surface area contributed by atoms with Gasteiger partial charge in [0.2, 0.25) is 0 Å². The van der Waals surface area contributed by atoms with Crippen LogP contribution in [0, 0.1) is 0 Å². The lowest BCUT2D eigenvalue weighted by Crippen LogP contribution is -2.16. The van der Waals surface area contributed by atoms with E-state index in [-0.39, 0.29) is 5.25 Å². The fourth-order valence-corrected chi connectivity index (χ4v) is 3.03. The maximum Gasteiger partial charge on any atom is 0.338 e. The first-order valence-corrected chi connectivity index (χ1v) is 9.13. The Morgan fingerprint density at radius 1 is 1.50 bits per heavy atom. The number of anilines is 1. The second-order valence-electron chi connectivity index (χ2n) is 4.44. The Kier molecular flexibility index (Phi) is 7.09. The van der Waals surface area contributed by atoms with Gasteiger partial charge in [-0.3, -0.25) is 4.21 Å². The molecule has 1 aromatic rings. The van der Waals surface area contributed by atoms with Crippen LogP contribution in [0.1, 0.15) is 30.6 Å². The minimum atomic E-state index is -0.920. The predicted octanol–water partition coefficient (Wildman–Crippen LogP) is 3.07. The Hall–Kier alpha value is -1.01. The molecule has 0 aliphatic rings. The summed E-state index contributed by atoms with van der Waals surface area (Å²) in [6.07, 6.45) is 2.43. The maximum atomic E-state index is 11.4. The first-order valence-electron chi connectivity index (χ1n) is 6.52. The van der Waals surface area contributed by atoms with Crippen molar-refractivity contribution in [3.8, 4) is 0 Å². The number of nitrogens with one attached hydrogen (secondary N) is 1. The number of carboxylic acids is 1. The molecule has 0 aromatic heterocycles. The largest absolute Gasteiger partial charge is 0.478 e. The topological polar surface area (TPSA) is 66.4 Å². The molecule has 0 aliphatic carbocycles. The Balaban J connectivity index is 2.81. The van der Waals surface area contributed by atoms with Gasteiger partial charge in [0, 0.05) is 39.4 Å². The Morgan fingerprint density at radius 2 is 2.20 bits per heavy atom. The first kappa shape index (κ1) is 17.0. The summed E-state index contributed by atoms with van der Waals surface area (Å²) < 4.78 is 11.3. The normalized spacial score (nSPS) is 13.8. The summed E-state index contributed by atoms with van der Waals surface area (Å²) in [7, 11) is -0.850. The number of carboxylic acid groups (broad SMARTS) is 1. The van der Waals surface area contributed by atoms with Gasteiger partial charge in [-0.25, -0.2) is 4.79 Å². The van der Waals surface area contributed by atoms with Crippen LogP contribution in [0.25, 0.3) is 0 Å². The summed E-state index contributed by atoms with van der Waals surface area (Å²) in [5.41, 5.74) is 0.953. The van der Waals surface area contributed by atoms with Crippen LogP contribution in [0.2, 0.25) is 0 Å². The second kappa shape index (κ2) is 8.32. The third-order valence-electron chi connectivity index (χ3n) is 2.97. The van der Waals surface area contributed by atoms with E-state index in [1.165, 1.54) is 11.8 Å². The molecule has 0 fully saturated rings. The van der Waals surface area contributed by atoms with Gasteiger partial charge in [-0.1, -0.05) is 19.9 Å². The van der Waals surface area contributed by atoms with Gasteiger partial charge in [-0.15, -0.1) is 11.8 Å². The van der Waals surface area contributed by atoms with Crippen LogP contribution in [0.3, 0.4) is 0 Å². The number of hydrogen-bond donors (Lipinski definition) is 2. The Labute approximate surface area is 126 Å². The van der Waals surface area contributed by atoms with Gasteiger partial charge in [-0.2, -0.15) is 0 Å². The van der Waals surface area contributed by atoms with Crippen molar-refractivity contribution in [1.29, 1.82) is 0 Å². The average molecular weight is 315 g/mol. The van der Waals surface area contributed by atoms with Crippen LogP contribution in [-0.4, -0.2) is 39.1 Å². The molecular formula is C14H21NO3S2. The molecule has 2 atom stereocenters. The fraction of sp³-hybridized carbons (Fsp3) is 0.500. The number of hydrogen-bond acceptors (Lipinski definition) is 4. The predicted molar refractivity (Wildman–Crippen MR) is 86.4 cm³/mol. The molecule has 20 heavy (non-hydrogen) atoms. The van der Waals surface area contributed by atoms with Crippen molar-refractivity contribution >= 4 is 34.2 Å². The molecule has 0 spiro atoms. The Morgan fingerprint density at radius 3 is 2.75 bits per heavy atom. The smallest absolute Gasteiger partial charge is 0.338 e. The van der Waals surface area contributed by atoms with Gasteiger partial charge >= 0.3 is 5.97 Å². The van der Waals surface area contributed by atoms with Crippen molar-refractivity contribution in [1.82, 2.24) is 0 Å². The molecule has 0 heterocycles. The fourth-order valence-electron chi connectivity index (χ4n) is 1.75. The number of carbonyl (C=O) groups is 1. The van der Waals surface area contributed by atoms with Crippen LogP contribution >= 0.6 is 11.8 Å². The van der Waals surface area contributed by atoms with Gasteiger partial charge in [0.15, 0.2) is 0 Å². The van der Waals surface area contributed by atoms with Crippen molar-refractivity contribution in [3.63, 3.8) is 0 Å². The molecule has 2 N–H and O–H groups in total. The maximum absolute atomic E-state index is 11.4. The molecule has 6 heteroatoms. The summed E-state index contributed by atoms with van der Waals surface area (Å²) in [4.78, 5) is 12.2. The molecule has 112 valence electrons. The lowest BCUT2D eigenvalue weighted by atomic mass is 10.1. The summed E-state index contributed by atoms with van der Waals surface area (Å²) in [5.74, 6) is -0.0913. The molecule has 2 unspecified atom stereocenters.